The predicted octanol–water partition coefficient (Wildman–Crippen LogP) is 3.05. The van der Waals surface area contributed by atoms with Gasteiger partial charge in [-0.25, -0.2) is 0 Å². The molecule has 1 aliphatic rings. The van der Waals surface area contributed by atoms with Crippen LogP contribution < -0.4 is 0 Å². The van der Waals surface area contributed by atoms with E-state index in [9.17, 15) is 4.79 Å². The smallest absolute Gasteiger partial charge is 0.252 e. The van der Waals surface area contributed by atoms with Crippen LogP contribution in [0.15, 0.2) is 36.0 Å². The molecule has 0 saturated carbocycles. The third kappa shape index (κ3) is 3.37. The lowest BCUT2D eigenvalue weighted by atomic mass is 10.0. The van der Waals surface area contributed by atoms with Gasteiger partial charge in [-0.1, -0.05) is 30.4 Å². The average Bonchev–Trinajstić information content (AvgIpc) is 2.03. The van der Waals surface area contributed by atoms with Crippen molar-refractivity contribution < 1.29 is 4.79 Å². The monoisotopic (exact) mass is 216 g/mol. The second-order valence-electron chi connectivity index (χ2n) is 2.83. The Kier molecular flexibility index (Phi) is 4.26. The summed E-state index contributed by atoms with van der Waals surface area (Å²) in [5.74, 6) is 0.944. The molecule has 3 heteroatoms. The molecular weight excluding hydrogens is 207 g/mol. The summed E-state index contributed by atoms with van der Waals surface area (Å²) in [5, 5.41) is -0.426. The molecule has 0 heterocycles. The minimum absolute atomic E-state index is 0.348. The third-order valence-electron chi connectivity index (χ3n) is 1.82. The Morgan fingerprint density at radius 2 is 2.38 bits per heavy atom. The Labute approximate surface area is 87.7 Å². The van der Waals surface area contributed by atoms with E-state index in [0.29, 0.717) is 17.4 Å². The van der Waals surface area contributed by atoms with Gasteiger partial charge in [0.2, 0.25) is 0 Å². The molecule has 0 bridgehead atoms. The standard InChI is InChI=1S/C10H10Cl2O/c11-7-8-3-1-5-9(10(12)13)6-2-4-8/h1-3,5-6,8H,4,7H2/b3-1+,6-2+,9-5+/t8-/m0/s1. The van der Waals surface area contributed by atoms with Gasteiger partial charge in [0.25, 0.3) is 5.24 Å². The number of allylic oxidation sites excluding steroid dienone is 6. The Balaban J connectivity index is 2.78. The van der Waals surface area contributed by atoms with Crippen LogP contribution >= 0.6 is 23.2 Å². The number of carbonyl (C=O) groups is 1. The largest absolute Gasteiger partial charge is 0.276 e. The maximum absolute atomic E-state index is 10.8. The molecule has 1 rings (SSSR count). The van der Waals surface area contributed by atoms with Gasteiger partial charge in [-0.3, -0.25) is 4.79 Å². The summed E-state index contributed by atoms with van der Waals surface area (Å²) in [4.78, 5) is 10.8. The SMILES string of the molecule is O=C(Cl)C1=C/C=C/[C@H](CCl)C\C=C\1. The molecule has 0 aromatic carbocycles. The number of carbonyl (C=O) groups excluding carboxylic acids is 1. The first-order valence-electron chi connectivity index (χ1n) is 4.05. The average molecular weight is 217 g/mol. The van der Waals surface area contributed by atoms with Crippen LogP contribution in [0.1, 0.15) is 6.42 Å². The molecule has 0 aliphatic heterocycles. The fraction of sp³-hybridized carbons (Fsp3) is 0.300. The van der Waals surface area contributed by atoms with E-state index in [1.54, 1.807) is 12.2 Å². The van der Waals surface area contributed by atoms with Gasteiger partial charge in [-0.15, -0.1) is 11.6 Å². The molecule has 70 valence electrons. The number of hydrogen-bond acceptors (Lipinski definition) is 1. The van der Waals surface area contributed by atoms with Crippen LogP contribution in [-0.2, 0) is 4.79 Å². The molecule has 0 N–H and O–H groups in total. The van der Waals surface area contributed by atoms with Gasteiger partial charge < -0.3 is 0 Å². The highest BCUT2D eigenvalue weighted by Gasteiger charge is 2.05. The number of alkyl halides is 1. The van der Waals surface area contributed by atoms with Gasteiger partial charge in [0.1, 0.15) is 0 Å². The lowest BCUT2D eigenvalue weighted by Crippen LogP contribution is -1.98. The molecule has 1 nitrogen and oxygen atoms in total. The van der Waals surface area contributed by atoms with E-state index in [-0.39, 0.29) is 0 Å². The molecular formula is C10H10Cl2O. The van der Waals surface area contributed by atoms with Crippen LogP contribution in [0.25, 0.3) is 0 Å². The van der Waals surface area contributed by atoms with Crippen LogP contribution in [0, 0.1) is 5.92 Å². The molecule has 0 fully saturated rings. The van der Waals surface area contributed by atoms with E-state index in [4.69, 9.17) is 23.2 Å². The summed E-state index contributed by atoms with van der Waals surface area (Å²) < 4.78 is 0. The summed E-state index contributed by atoms with van der Waals surface area (Å²) in [6.07, 6.45) is 10.0. The van der Waals surface area contributed by atoms with E-state index in [1.807, 2.05) is 18.2 Å². The summed E-state index contributed by atoms with van der Waals surface area (Å²) >= 11 is 11.0. The minimum atomic E-state index is -0.426. The Bertz CT molecular complexity index is 277. The summed E-state index contributed by atoms with van der Waals surface area (Å²) in [5.41, 5.74) is 0.519. The lowest BCUT2D eigenvalue weighted by Gasteiger charge is -2.06. The van der Waals surface area contributed by atoms with Gasteiger partial charge in [-0.05, 0) is 23.9 Å². The molecule has 0 spiro atoms. The van der Waals surface area contributed by atoms with Gasteiger partial charge in [0.15, 0.2) is 0 Å². The fourth-order valence-electron chi connectivity index (χ4n) is 1.07. The van der Waals surface area contributed by atoms with E-state index in [2.05, 4.69) is 0 Å². The first-order chi connectivity index (χ1) is 6.24. The van der Waals surface area contributed by atoms with Crippen LogP contribution in [0.2, 0.25) is 0 Å². The predicted molar refractivity (Wildman–Crippen MR) is 56.1 cm³/mol. The molecule has 13 heavy (non-hydrogen) atoms. The van der Waals surface area contributed by atoms with Crippen molar-refractivity contribution in [1.82, 2.24) is 0 Å². The molecule has 0 unspecified atom stereocenters. The Hall–Kier alpha value is -0.530. The zero-order valence-electron chi connectivity index (χ0n) is 7.04. The summed E-state index contributed by atoms with van der Waals surface area (Å²) in [7, 11) is 0. The van der Waals surface area contributed by atoms with Gasteiger partial charge >= 0.3 is 0 Å². The molecule has 0 radical (unpaired) electrons. The summed E-state index contributed by atoms with van der Waals surface area (Å²) in [6.45, 7) is 0. The molecule has 1 aliphatic carbocycles. The third-order valence-corrected chi connectivity index (χ3v) is 2.44. The highest BCUT2D eigenvalue weighted by atomic mass is 35.5. The van der Waals surface area contributed by atoms with Crippen molar-refractivity contribution in [3.8, 4) is 0 Å². The minimum Gasteiger partial charge on any atom is -0.276 e. The summed E-state index contributed by atoms with van der Waals surface area (Å²) in [6, 6.07) is 0. The van der Waals surface area contributed by atoms with E-state index in [1.165, 1.54) is 0 Å². The normalized spacial score (nSPS) is 30.9. The maximum Gasteiger partial charge on any atom is 0.252 e. The molecule has 0 aromatic rings. The van der Waals surface area contributed by atoms with Crippen molar-refractivity contribution >= 4 is 28.4 Å². The second kappa shape index (κ2) is 5.25. The number of hydrogen-bond donors (Lipinski definition) is 0. The van der Waals surface area contributed by atoms with Crippen LogP contribution in [0.3, 0.4) is 0 Å². The van der Waals surface area contributed by atoms with E-state index < -0.39 is 5.24 Å². The fourth-order valence-corrected chi connectivity index (χ4v) is 1.42. The number of halogens is 2. The van der Waals surface area contributed by atoms with Crippen molar-refractivity contribution in [2.45, 2.75) is 6.42 Å². The quantitative estimate of drug-likeness (QED) is 0.513. The zero-order chi connectivity index (χ0) is 9.68. The van der Waals surface area contributed by atoms with Crippen LogP contribution in [0.4, 0.5) is 0 Å². The molecule has 0 amide bonds. The molecule has 0 aromatic heterocycles. The van der Waals surface area contributed by atoms with Gasteiger partial charge in [-0.2, -0.15) is 0 Å². The van der Waals surface area contributed by atoms with Gasteiger partial charge in [0.05, 0.1) is 0 Å². The lowest BCUT2D eigenvalue weighted by molar-refractivity contribution is -0.108. The molecule has 1 atom stereocenters. The van der Waals surface area contributed by atoms with E-state index in [0.717, 1.165) is 6.42 Å². The maximum atomic E-state index is 10.8. The van der Waals surface area contributed by atoms with Crippen LogP contribution in [-0.4, -0.2) is 11.1 Å². The van der Waals surface area contributed by atoms with Gasteiger partial charge in [0, 0.05) is 11.5 Å². The van der Waals surface area contributed by atoms with E-state index >= 15 is 0 Å². The molecule has 0 saturated heterocycles. The topological polar surface area (TPSA) is 17.1 Å². The Morgan fingerprint density at radius 3 is 3.00 bits per heavy atom. The van der Waals surface area contributed by atoms with Crippen molar-refractivity contribution in [1.29, 1.82) is 0 Å². The second-order valence-corrected chi connectivity index (χ2v) is 3.48. The zero-order valence-corrected chi connectivity index (χ0v) is 8.55. The van der Waals surface area contributed by atoms with Crippen molar-refractivity contribution in [2.24, 2.45) is 5.92 Å². The van der Waals surface area contributed by atoms with Crippen LogP contribution in [0.5, 0.6) is 0 Å². The first kappa shape index (κ1) is 10.6. The van der Waals surface area contributed by atoms with Crippen molar-refractivity contribution in [2.75, 3.05) is 5.88 Å². The highest BCUT2D eigenvalue weighted by Crippen LogP contribution is 2.14. The Morgan fingerprint density at radius 1 is 1.62 bits per heavy atom. The number of rotatable bonds is 2. The highest BCUT2D eigenvalue weighted by molar-refractivity contribution is 6.68. The van der Waals surface area contributed by atoms with Crippen molar-refractivity contribution in [3.05, 3.63) is 36.0 Å². The first-order valence-corrected chi connectivity index (χ1v) is 4.96. The van der Waals surface area contributed by atoms with Crippen molar-refractivity contribution in [3.63, 3.8) is 0 Å².